The molecule has 92 valence electrons. The summed E-state index contributed by atoms with van der Waals surface area (Å²) in [6, 6.07) is 19.9. The zero-order chi connectivity index (χ0) is 12.4. The van der Waals surface area contributed by atoms with Gasteiger partial charge < -0.3 is 10.4 Å². The van der Waals surface area contributed by atoms with E-state index >= 15 is 0 Å². The van der Waals surface area contributed by atoms with Gasteiger partial charge in [-0.2, -0.15) is 0 Å². The van der Waals surface area contributed by atoms with Crippen molar-refractivity contribution in [2.75, 3.05) is 6.54 Å². The fourth-order valence-electron chi connectivity index (χ4n) is 2.60. The van der Waals surface area contributed by atoms with E-state index in [9.17, 15) is 5.11 Å². The van der Waals surface area contributed by atoms with Gasteiger partial charge >= 0.3 is 0 Å². The molecule has 2 aromatic rings. The van der Waals surface area contributed by atoms with Crippen LogP contribution < -0.4 is 5.32 Å². The number of nitrogens with one attached hydrogen (secondary N) is 1. The summed E-state index contributed by atoms with van der Waals surface area (Å²) in [4.78, 5) is 0. The molecular formula is C16H17NO. The summed E-state index contributed by atoms with van der Waals surface area (Å²) in [5.74, 6) is 0. The predicted octanol–water partition coefficient (Wildman–Crippen LogP) is 2.28. The summed E-state index contributed by atoms with van der Waals surface area (Å²) in [5, 5.41) is 14.5. The molecule has 2 aromatic carbocycles. The van der Waals surface area contributed by atoms with E-state index in [1.54, 1.807) is 0 Å². The zero-order valence-electron chi connectivity index (χ0n) is 10.2. The summed E-state index contributed by atoms with van der Waals surface area (Å²) in [6.07, 6.45) is 1.00. The highest BCUT2D eigenvalue weighted by atomic mass is 16.3. The van der Waals surface area contributed by atoms with Gasteiger partial charge in [0.05, 0.1) is 0 Å². The molecule has 3 rings (SSSR count). The quantitative estimate of drug-likeness (QED) is 0.861. The van der Waals surface area contributed by atoms with Crippen LogP contribution in [0.5, 0.6) is 0 Å². The Morgan fingerprint density at radius 3 is 1.67 bits per heavy atom. The van der Waals surface area contributed by atoms with Crippen molar-refractivity contribution in [1.29, 1.82) is 0 Å². The first-order valence-corrected chi connectivity index (χ1v) is 6.38. The van der Waals surface area contributed by atoms with Crippen LogP contribution >= 0.6 is 0 Å². The van der Waals surface area contributed by atoms with Gasteiger partial charge in [0.2, 0.25) is 0 Å². The van der Waals surface area contributed by atoms with Gasteiger partial charge in [-0.05, 0) is 24.1 Å². The lowest BCUT2D eigenvalue weighted by atomic mass is 9.76. The molecule has 2 heteroatoms. The molecule has 0 amide bonds. The SMILES string of the molecule is OC(c1ccccc1)(c1ccccc1)[C@@H]1CCN1. The van der Waals surface area contributed by atoms with Gasteiger partial charge in [-0.3, -0.25) is 0 Å². The highest BCUT2D eigenvalue weighted by Crippen LogP contribution is 2.36. The maximum atomic E-state index is 11.2. The number of hydrogen-bond donors (Lipinski definition) is 2. The summed E-state index contributed by atoms with van der Waals surface area (Å²) in [7, 11) is 0. The van der Waals surface area contributed by atoms with Crippen LogP contribution in [0.2, 0.25) is 0 Å². The van der Waals surface area contributed by atoms with Crippen molar-refractivity contribution >= 4 is 0 Å². The highest BCUT2D eigenvalue weighted by Gasteiger charge is 2.42. The molecule has 18 heavy (non-hydrogen) atoms. The number of benzene rings is 2. The maximum absolute atomic E-state index is 11.2. The van der Waals surface area contributed by atoms with Crippen molar-refractivity contribution < 1.29 is 5.11 Å². The van der Waals surface area contributed by atoms with Crippen LogP contribution in [0.3, 0.4) is 0 Å². The molecular weight excluding hydrogens is 222 g/mol. The molecule has 0 saturated carbocycles. The van der Waals surface area contributed by atoms with Crippen molar-refractivity contribution in [2.24, 2.45) is 0 Å². The molecule has 1 atom stereocenters. The van der Waals surface area contributed by atoms with Crippen LogP contribution in [0.1, 0.15) is 17.5 Å². The van der Waals surface area contributed by atoms with E-state index in [2.05, 4.69) is 5.32 Å². The minimum absolute atomic E-state index is 0.0994. The lowest BCUT2D eigenvalue weighted by Crippen LogP contribution is -2.57. The summed E-state index contributed by atoms with van der Waals surface area (Å²) in [6.45, 7) is 0.979. The van der Waals surface area contributed by atoms with Crippen molar-refractivity contribution in [3.63, 3.8) is 0 Å². The lowest BCUT2D eigenvalue weighted by molar-refractivity contribution is 0.0114. The van der Waals surface area contributed by atoms with E-state index in [0.29, 0.717) is 0 Å². The van der Waals surface area contributed by atoms with E-state index in [1.807, 2.05) is 60.7 Å². The molecule has 1 heterocycles. The standard InChI is InChI=1S/C16H17NO/c18-16(15-11-12-17-15,13-7-3-1-4-8-13)14-9-5-2-6-10-14/h1-10,15,17-18H,11-12H2/t15-/m0/s1. The van der Waals surface area contributed by atoms with Gasteiger partial charge in [0.1, 0.15) is 5.60 Å². The van der Waals surface area contributed by atoms with E-state index in [-0.39, 0.29) is 6.04 Å². The number of aliphatic hydroxyl groups is 1. The third-order valence-corrected chi connectivity index (χ3v) is 3.76. The fourth-order valence-corrected chi connectivity index (χ4v) is 2.60. The van der Waals surface area contributed by atoms with Crippen molar-refractivity contribution in [2.45, 2.75) is 18.1 Å². The molecule has 1 aliphatic rings. The monoisotopic (exact) mass is 239 g/mol. The van der Waals surface area contributed by atoms with Gasteiger partial charge in [0.15, 0.2) is 0 Å². The van der Waals surface area contributed by atoms with Crippen LogP contribution in [0, 0.1) is 0 Å². The number of rotatable bonds is 3. The maximum Gasteiger partial charge on any atom is 0.130 e. The van der Waals surface area contributed by atoms with Crippen molar-refractivity contribution in [1.82, 2.24) is 5.32 Å². The third kappa shape index (κ3) is 1.74. The Bertz CT molecular complexity index is 466. The fraction of sp³-hybridized carbons (Fsp3) is 0.250. The molecule has 0 aliphatic carbocycles. The Balaban J connectivity index is 2.10. The van der Waals surface area contributed by atoms with Crippen LogP contribution in [-0.2, 0) is 5.60 Å². The molecule has 1 saturated heterocycles. The summed E-state index contributed by atoms with van der Waals surface area (Å²) < 4.78 is 0. The Morgan fingerprint density at radius 2 is 1.33 bits per heavy atom. The van der Waals surface area contributed by atoms with E-state index < -0.39 is 5.60 Å². The average Bonchev–Trinajstić information content (AvgIpc) is 2.38. The van der Waals surface area contributed by atoms with Gasteiger partial charge in [0, 0.05) is 6.04 Å². The normalized spacial score (nSPS) is 19.3. The Kier molecular flexibility index (Phi) is 2.90. The molecule has 1 fully saturated rings. The lowest BCUT2D eigenvalue weighted by Gasteiger charge is -2.43. The van der Waals surface area contributed by atoms with Gasteiger partial charge in [-0.1, -0.05) is 60.7 Å². The van der Waals surface area contributed by atoms with Crippen LogP contribution in [0.15, 0.2) is 60.7 Å². The van der Waals surface area contributed by atoms with E-state index in [1.165, 1.54) is 0 Å². The molecule has 0 aromatic heterocycles. The van der Waals surface area contributed by atoms with E-state index in [0.717, 1.165) is 24.1 Å². The zero-order valence-corrected chi connectivity index (χ0v) is 10.2. The van der Waals surface area contributed by atoms with Gasteiger partial charge in [-0.15, -0.1) is 0 Å². The Hall–Kier alpha value is -1.64. The summed E-state index contributed by atoms with van der Waals surface area (Å²) >= 11 is 0. The molecule has 2 nitrogen and oxygen atoms in total. The van der Waals surface area contributed by atoms with Gasteiger partial charge in [0.25, 0.3) is 0 Å². The van der Waals surface area contributed by atoms with Crippen LogP contribution in [0.4, 0.5) is 0 Å². The van der Waals surface area contributed by atoms with Gasteiger partial charge in [-0.25, -0.2) is 0 Å². The molecule has 2 N–H and O–H groups in total. The molecule has 0 spiro atoms. The third-order valence-electron chi connectivity index (χ3n) is 3.76. The highest BCUT2D eigenvalue weighted by molar-refractivity contribution is 5.38. The topological polar surface area (TPSA) is 32.3 Å². The first-order chi connectivity index (χ1) is 8.82. The van der Waals surface area contributed by atoms with Crippen LogP contribution in [0.25, 0.3) is 0 Å². The van der Waals surface area contributed by atoms with E-state index in [4.69, 9.17) is 0 Å². The Labute approximate surface area is 107 Å². The molecule has 0 bridgehead atoms. The summed E-state index contributed by atoms with van der Waals surface area (Å²) in [5.41, 5.74) is 0.975. The van der Waals surface area contributed by atoms with Crippen molar-refractivity contribution in [3.05, 3.63) is 71.8 Å². The largest absolute Gasteiger partial charge is 0.379 e. The second-order valence-electron chi connectivity index (χ2n) is 4.79. The minimum atomic E-state index is -0.930. The first-order valence-electron chi connectivity index (χ1n) is 6.38. The van der Waals surface area contributed by atoms with Crippen LogP contribution in [-0.4, -0.2) is 17.7 Å². The average molecular weight is 239 g/mol. The molecule has 1 aliphatic heterocycles. The predicted molar refractivity (Wildman–Crippen MR) is 72.3 cm³/mol. The van der Waals surface area contributed by atoms with Crippen molar-refractivity contribution in [3.8, 4) is 0 Å². The molecule has 0 unspecified atom stereocenters. The first kappa shape index (κ1) is 11.5. The second-order valence-corrected chi connectivity index (χ2v) is 4.79. The minimum Gasteiger partial charge on any atom is -0.379 e. The Morgan fingerprint density at radius 1 is 0.889 bits per heavy atom. The second kappa shape index (κ2) is 4.56. The molecule has 0 radical (unpaired) electrons. The number of hydrogen-bond acceptors (Lipinski definition) is 2. The smallest absolute Gasteiger partial charge is 0.130 e.